The number of hydrogen-bond acceptors (Lipinski definition) is 14. The van der Waals surface area contributed by atoms with Crippen LogP contribution < -0.4 is 36.5 Å². The summed E-state index contributed by atoms with van der Waals surface area (Å²) in [5.41, 5.74) is -3.78. The van der Waals surface area contributed by atoms with Crippen LogP contribution in [0.5, 0.6) is 0 Å². The first-order chi connectivity index (χ1) is 38.7. The highest BCUT2D eigenvalue weighted by Crippen LogP contribution is 2.40. The van der Waals surface area contributed by atoms with Gasteiger partial charge in [0, 0.05) is 145 Å². The molecule has 18 nitrogen and oxygen atoms in total. The van der Waals surface area contributed by atoms with Crippen LogP contribution in [0.15, 0.2) is 89.0 Å². The van der Waals surface area contributed by atoms with Crippen LogP contribution in [0.3, 0.4) is 0 Å². The van der Waals surface area contributed by atoms with Crippen molar-refractivity contribution < 1.29 is 54.2 Å². The number of alkyl halides is 6. The fourth-order valence-corrected chi connectivity index (χ4v) is 10.4. The molecule has 4 N–H and O–H groups in total. The number of nitrogens with one attached hydrogen (secondary N) is 4. The third-order valence-electron chi connectivity index (χ3n) is 14.8. The number of ether oxygens (including phenoxy) is 2. The number of carbonyl (C=O) groups is 2. The maximum Gasteiger partial charge on any atom is 0.417 e. The highest BCUT2D eigenvalue weighted by atomic mass is 19.4. The number of aromatic nitrogens is 4. The number of nitrogens with zero attached hydrogens (tertiary/aromatic N) is 8. The lowest BCUT2D eigenvalue weighted by molar-refractivity contribution is -0.138. The second kappa shape index (κ2) is 23.7. The van der Waals surface area contributed by atoms with E-state index in [0.29, 0.717) is 141 Å². The molecule has 0 spiro atoms. The summed E-state index contributed by atoms with van der Waals surface area (Å²) in [6.45, 7) is 8.44. The van der Waals surface area contributed by atoms with Gasteiger partial charge in [-0.25, -0.2) is 18.7 Å². The summed E-state index contributed by atoms with van der Waals surface area (Å²) >= 11 is 0. The average Bonchev–Trinajstić information content (AvgIpc) is 3.57. The van der Waals surface area contributed by atoms with E-state index in [4.69, 9.17) is 9.47 Å². The largest absolute Gasteiger partial charge is 0.417 e. The first-order valence-corrected chi connectivity index (χ1v) is 26.1. The van der Waals surface area contributed by atoms with E-state index in [1.165, 1.54) is 36.7 Å². The van der Waals surface area contributed by atoms with Crippen molar-refractivity contribution in [3.63, 3.8) is 0 Å². The van der Waals surface area contributed by atoms with E-state index in [1.807, 2.05) is 29.0 Å². The van der Waals surface area contributed by atoms with Gasteiger partial charge in [-0.05, 0) is 54.1 Å². The lowest BCUT2D eigenvalue weighted by Crippen LogP contribution is -2.46. The average molecular weight is 1130 g/mol. The van der Waals surface area contributed by atoms with Gasteiger partial charge in [0.15, 0.2) is 0 Å². The maximum absolute atomic E-state index is 16.7. The first-order valence-electron chi connectivity index (χ1n) is 26.1. The van der Waals surface area contributed by atoms with Crippen LogP contribution in [0.2, 0.25) is 0 Å². The smallest absolute Gasteiger partial charge is 0.379 e. The summed E-state index contributed by atoms with van der Waals surface area (Å²) in [7, 11) is 1.92. The molecule has 6 aromatic rings. The highest BCUT2D eigenvalue weighted by molar-refractivity contribution is 6.08. The number of halogens is 8. The van der Waals surface area contributed by atoms with E-state index < -0.39 is 69.2 Å². The zero-order chi connectivity index (χ0) is 57.2. The lowest BCUT2D eigenvalue weighted by Gasteiger charge is -2.37. The maximum atomic E-state index is 16.7. The minimum absolute atomic E-state index is 0.0150. The lowest BCUT2D eigenvalue weighted by atomic mass is 9.96. The fraction of sp³-hybridized carbons (Fsp3) is 0.382. The molecule has 0 bridgehead atoms. The standard InChI is InChI=1S/C55H56F8N12O6/c1-70-4-8-73(9-5-70)47-25-43(56)37(21-45(47)68-51(78)39-29-64-49(76)23-41(39)54(58,59)60)33-2-3-34(35(20-33)32-72-12-16-80-17-13-72)31-71-6-10-74(11-7-71)48-26-44(57)38(36-27-66-53(67-28-36)75-14-18-81-19-15-75)22-46(48)69-52(79)40-30-65-50(77)24-42(40)55(61,62)63/h2-3,20-30H,4-19,31-32H2,1H3,(H,64,76)(H,65,77)(H,68,78)(H,69,79). The third kappa shape index (κ3) is 13.0. The third-order valence-corrected chi connectivity index (χ3v) is 14.8. The highest BCUT2D eigenvalue weighted by Gasteiger charge is 2.38. The number of carbonyl (C=O) groups excluding carboxylic acids is 2. The van der Waals surface area contributed by atoms with Crippen LogP contribution in [0.1, 0.15) is 43.0 Å². The van der Waals surface area contributed by atoms with Crippen LogP contribution in [0, 0.1) is 11.6 Å². The van der Waals surface area contributed by atoms with Crippen molar-refractivity contribution in [2.24, 2.45) is 0 Å². The molecule has 4 saturated heterocycles. The number of H-pyrrole nitrogens is 2. The topological polar surface area (TPSA) is 188 Å². The molecule has 4 fully saturated rings. The van der Waals surface area contributed by atoms with Crippen molar-refractivity contribution in [3.05, 3.63) is 145 Å². The minimum atomic E-state index is -5.06. The minimum Gasteiger partial charge on any atom is -0.379 e. The SMILES string of the molecule is CN1CCN(c2cc(F)c(-c3ccc(CN4CCN(c5cc(F)c(-c6cnc(N7CCOCC7)nc6)cc5NC(=O)c5c[nH]c(=O)cc5C(F)(F)F)CC4)c(CN4CCOCC4)c3)cc2NC(=O)c2c[nH]c(=O)cc2C(F)(F)F)CC1. The number of benzene rings is 3. The molecule has 10 rings (SSSR count). The summed E-state index contributed by atoms with van der Waals surface area (Å²) in [4.78, 5) is 76.6. The molecule has 3 aromatic heterocycles. The van der Waals surface area contributed by atoms with Crippen molar-refractivity contribution in [2.45, 2.75) is 25.4 Å². The van der Waals surface area contributed by atoms with Crippen LogP contribution in [0.4, 0.5) is 63.8 Å². The summed E-state index contributed by atoms with van der Waals surface area (Å²) in [5.74, 6) is -3.33. The summed E-state index contributed by atoms with van der Waals surface area (Å²) < 4.78 is 129. The van der Waals surface area contributed by atoms with Crippen LogP contribution in [-0.4, -0.2) is 158 Å². The number of aromatic amines is 2. The van der Waals surface area contributed by atoms with Gasteiger partial charge in [0.25, 0.3) is 11.8 Å². The first kappa shape index (κ1) is 56.5. The number of hydrogen-bond donors (Lipinski definition) is 4. The Morgan fingerprint density at radius 3 is 1.52 bits per heavy atom. The molecule has 0 unspecified atom stereocenters. The molecule has 4 aliphatic rings. The number of piperazine rings is 2. The van der Waals surface area contributed by atoms with E-state index in [1.54, 1.807) is 11.0 Å². The molecule has 4 aliphatic heterocycles. The molecule has 0 aliphatic carbocycles. The number of rotatable bonds is 13. The van der Waals surface area contributed by atoms with Gasteiger partial charge in [0.05, 0.1) is 71.4 Å². The molecule has 0 atom stereocenters. The molecule has 81 heavy (non-hydrogen) atoms. The Morgan fingerprint density at radius 1 is 0.556 bits per heavy atom. The van der Waals surface area contributed by atoms with E-state index >= 15 is 8.78 Å². The van der Waals surface area contributed by atoms with Gasteiger partial charge >= 0.3 is 12.4 Å². The second-order valence-electron chi connectivity index (χ2n) is 20.1. The van der Waals surface area contributed by atoms with Crippen LogP contribution >= 0.6 is 0 Å². The Hall–Kier alpha value is -7.78. The monoisotopic (exact) mass is 1130 g/mol. The molecular weight excluding hydrogens is 1080 g/mol. The number of anilines is 5. The van der Waals surface area contributed by atoms with E-state index in [-0.39, 0.29) is 52.5 Å². The van der Waals surface area contributed by atoms with Crippen molar-refractivity contribution in [1.29, 1.82) is 0 Å². The molecule has 26 heteroatoms. The van der Waals surface area contributed by atoms with Gasteiger partial charge in [-0.3, -0.25) is 29.0 Å². The molecule has 2 amide bonds. The van der Waals surface area contributed by atoms with E-state index in [2.05, 4.69) is 45.3 Å². The fourth-order valence-electron chi connectivity index (χ4n) is 10.4. The molecular formula is C55H56F8N12O6. The number of likely N-dealkylation sites (N-methyl/N-ethyl adjacent to an activating group) is 1. The van der Waals surface area contributed by atoms with Gasteiger partial charge < -0.3 is 49.7 Å². The van der Waals surface area contributed by atoms with Gasteiger partial charge in [-0.1, -0.05) is 12.1 Å². The number of amides is 2. The summed E-state index contributed by atoms with van der Waals surface area (Å²) in [6, 6.07) is 11.2. The van der Waals surface area contributed by atoms with Gasteiger partial charge in [0.2, 0.25) is 17.1 Å². The molecule has 0 saturated carbocycles. The summed E-state index contributed by atoms with van der Waals surface area (Å²) in [5, 5.41) is 5.17. The Bertz CT molecular complexity index is 3400. The molecule has 428 valence electrons. The zero-order valence-corrected chi connectivity index (χ0v) is 43.8. The number of pyridine rings is 2. The van der Waals surface area contributed by atoms with Gasteiger partial charge in [-0.15, -0.1) is 0 Å². The van der Waals surface area contributed by atoms with Gasteiger partial charge in [0.1, 0.15) is 11.6 Å². The Kier molecular flexibility index (Phi) is 16.6. The van der Waals surface area contributed by atoms with Crippen molar-refractivity contribution >= 4 is 40.5 Å². The van der Waals surface area contributed by atoms with Gasteiger partial charge in [-0.2, -0.15) is 26.3 Å². The molecule has 3 aromatic carbocycles. The number of morpholine rings is 2. The zero-order valence-electron chi connectivity index (χ0n) is 43.8. The predicted molar refractivity (Wildman–Crippen MR) is 286 cm³/mol. The normalized spacial score (nSPS) is 17.1. The summed E-state index contributed by atoms with van der Waals surface area (Å²) in [6.07, 6.45) is -5.88. The van der Waals surface area contributed by atoms with Crippen molar-refractivity contribution in [1.82, 2.24) is 34.6 Å². The quantitative estimate of drug-likeness (QED) is 0.0890. The van der Waals surface area contributed by atoms with E-state index in [0.717, 1.165) is 11.1 Å². The Morgan fingerprint density at radius 2 is 1.01 bits per heavy atom. The second-order valence-corrected chi connectivity index (χ2v) is 20.1. The van der Waals surface area contributed by atoms with Crippen molar-refractivity contribution in [2.75, 3.05) is 137 Å². The van der Waals surface area contributed by atoms with Crippen LogP contribution in [-0.2, 0) is 34.9 Å². The van der Waals surface area contributed by atoms with Crippen LogP contribution in [0.25, 0.3) is 22.3 Å². The molecule has 0 radical (unpaired) electrons. The Labute approximate surface area is 458 Å². The van der Waals surface area contributed by atoms with E-state index in [9.17, 15) is 45.5 Å². The van der Waals surface area contributed by atoms with Crippen molar-refractivity contribution in [3.8, 4) is 22.3 Å². The Balaban J connectivity index is 0.933. The predicted octanol–water partition coefficient (Wildman–Crippen LogP) is 6.75. The molecule has 7 heterocycles.